The summed E-state index contributed by atoms with van der Waals surface area (Å²) in [6.07, 6.45) is 2.44. The second-order valence-electron chi connectivity index (χ2n) is 11.9. The van der Waals surface area contributed by atoms with Crippen LogP contribution in [0.3, 0.4) is 0 Å². The molecule has 1 saturated heterocycles. The molecular weight excluding hydrogens is 752 g/mol. The molecule has 3 aromatic carbocycles. The van der Waals surface area contributed by atoms with Gasteiger partial charge in [0.25, 0.3) is 17.4 Å². The first-order valence-corrected chi connectivity index (χ1v) is 17.5. The molecule has 1 fully saturated rings. The third-order valence-corrected chi connectivity index (χ3v) is 9.13. The summed E-state index contributed by atoms with van der Waals surface area (Å²) in [5, 5.41) is 0.487. The average Bonchev–Trinajstić information content (AvgIpc) is 3.38. The summed E-state index contributed by atoms with van der Waals surface area (Å²) in [6, 6.07) is 16.0. The first-order valence-electron chi connectivity index (χ1n) is 16.7. The minimum atomic E-state index is -0.388. The van der Waals surface area contributed by atoms with Crippen LogP contribution in [-0.2, 0) is 28.9 Å². The van der Waals surface area contributed by atoms with Crippen molar-refractivity contribution in [3.63, 3.8) is 0 Å². The molecule has 1 aromatic heterocycles. The summed E-state index contributed by atoms with van der Waals surface area (Å²) in [5.41, 5.74) is 1.96. The predicted molar refractivity (Wildman–Crippen MR) is 208 cm³/mol. The Kier molecular flexibility index (Phi) is 15.3. The monoisotopic (exact) mass is 796 g/mol. The van der Waals surface area contributed by atoms with Gasteiger partial charge in [-0.05, 0) is 60.5 Å². The van der Waals surface area contributed by atoms with Crippen LogP contribution in [0.1, 0.15) is 32.1 Å². The number of hydrogen-bond acceptors (Lipinski definition) is 10. The van der Waals surface area contributed by atoms with Crippen LogP contribution in [0.5, 0.6) is 17.2 Å². The summed E-state index contributed by atoms with van der Waals surface area (Å²) < 4.78 is 29.1. The predicted octanol–water partition coefficient (Wildman–Crippen LogP) is 4.90. The number of halogens is 1. The maximum atomic E-state index is 13.7. The van der Waals surface area contributed by atoms with Gasteiger partial charge in [0.05, 0.1) is 56.1 Å². The smallest absolute Gasteiger partial charge is 0.261 e. The first-order chi connectivity index (χ1) is 24.8. The lowest BCUT2D eigenvalue weighted by Gasteiger charge is -2.26. The molecule has 278 valence electrons. The van der Waals surface area contributed by atoms with E-state index in [1.54, 1.807) is 62.3 Å². The summed E-state index contributed by atoms with van der Waals surface area (Å²) >= 11 is 3.47. The molecule has 0 unspecified atom stereocenters. The number of methoxy groups -OCH3 is 3. The molecule has 0 saturated carbocycles. The van der Waals surface area contributed by atoms with Gasteiger partial charge >= 0.3 is 0 Å². The van der Waals surface area contributed by atoms with Crippen molar-refractivity contribution < 1.29 is 33.3 Å². The molecule has 0 bridgehead atoms. The molecule has 4 aromatic rings. The SMILES string of the molecule is C=CCOC.COc1ccc(CCn2c(CCN3C(=O)c4ccc(OCCN5CCOCC5)cc4C3=O)nc3cc(Br)ccc3c2=O)cc1OC.S. The number of ether oxygens (including phenoxy) is 5. The van der Waals surface area contributed by atoms with E-state index in [-0.39, 0.29) is 43.8 Å². The van der Waals surface area contributed by atoms with Crippen molar-refractivity contribution in [2.75, 3.05) is 73.9 Å². The Morgan fingerprint density at radius 2 is 1.62 bits per heavy atom. The van der Waals surface area contributed by atoms with E-state index in [1.165, 1.54) is 4.90 Å². The topological polar surface area (TPSA) is 122 Å². The lowest BCUT2D eigenvalue weighted by Crippen LogP contribution is -2.38. The molecule has 14 heteroatoms. The Balaban J connectivity index is 0.000000944. The number of carbonyl (C=O) groups is 2. The zero-order chi connectivity index (χ0) is 36.3. The van der Waals surface area contributed by atoms with Crippen molar-refractivity contribution in [1.82, 2.24) is 19.4 Å². The average molecular weight is 798 g/mol. The van der Waals surface area contributed by atoms with Crippen LogP contribution in [0.25, 0.3) is 10.9 Å². The molecule has 2 amide bonds. The summed E-state index contributed by atoms with van der Waals surface area (Å²) in [6.45, 7) is 8.87. The van der Waals surface area contributed by atoms with Crippen molar-refractivity contribution in [3.05, 3.63) is 105 Å². The highest BCUT2D eigenvalue weighted by Crippen LogP contribution is 2.29. The molecule has 2 aliphatic heterocycles. The number of benzene rings is 3. The van der Waals surface area contributed by atoms with Gasteiger partial charge in [-0.1, -0.05) is 28.1 Å². The fraction of sp³-hybridized carbons (Fsp3) is 0.368. The number of rotatable bonds is 14. The Hall–Kier alpha value is -4.21. The van der Waals surface area contributed by atoms with Crippen LogP contribution in [0.4, 0.5) is 0 Å². The highest BCUT2D eigenvalue weighted by atomic mass is 79.9. The minimum Gasteiger partial charge on any atom is -0.493 e. The van der Waals surface area contributed by atoms with Gasteiger partial charge in [-0.2, -0.15) is 13.5 Å². The van der Waals surface area contributed by atoms with Gasteiger partial charge in [-0.3, -0.25) is 28.8 Å². The Bertz CT molecular complexity index is 1930. The molecule has 0 radical (unpaired) electrons. The standard InChI is InChI=1S/C34H35BrN4O7.C4H8O.H2S/c1-43-29-8-3-22(19-30(29)44-2)9-11-38-31(36-28-20-23(35)4-6-26(28)33(38)41)10-12-39-32(40)25-7-5-24(21-27(25)34(39)42)46-18-15-37-13-16-45-17-14-37;1-3-4-5-2;/h3-8,19-21H,9-18H2,1-2H3;3H,1,4H2,2H3;1H2. The summed E-state index contributed by atoms with van der Waals surface area (Å²) in [5.74, 6) is 1.49. The zero-order valence-corrected chi connectivity index (χ0v) is 32.3. The third kappa shape index (κ3) is 9.81. The Morgan fingerprint density at radius 3 is 2.31 bits per heavy atom. The molecule has 52 heavy (non-hydrogen) atoms. The van der Waals surface area contributed by atoms with E-state index >= 15 is 0 Å². The highest BCUT2D eigenvalue weighted by Gasteiger charge is 2.36. The lowest BCUT2D eigenvalue weighted by atomic mass is 10.1. The van der Waals surface area contributed by atoms with E-state index < -0.39 is 0 Å². The van der Waals surface area contributed by atoms with Gasteiger partial charge in [0, 0.05) is 50.7 Å². The van der Waals surface area contributed by atoms with Crippen molar-refractivity contribution in [2.45, 2.75) is 19.4 Å². The highest BCUT2D eigenvalue weighted by molar-refractivity contribution is 9.10. The van der Waals surface area contributed by atoms with Gasteiger partial charge < -0.3 is 23.7 Å². The van der Waals surface area contributed by atoms with Gasteiger partial charge in [0.15, 0.2) is 11.5 Å². The first kappa shape index (κ1) is 40.6. The second kappa shape index (κ2) is 19.6. The molecule has 6 rings (SSSR count). The van der Waals surface area contributed by atoms with E-state index in [4.69, 9.17) is 23.9 Å². The summed E-state index contributed by atoms with van der Waals surface area (Å²) in [4.78, 5) is 48.8. The molecule has 3 heterocycles. The number of hydrogen-bond donors (Lipinski definition) is 0. The van der Waals surface area contributed by atoms with Gasteiger partial charge in [0.2, 0.25) is 0 Å². The third-order valence-electron chi connectivity index (χ3n) is 8.63. The van der Waals surface area contributed by atoms with Crippen LogP contribution in [0.2, 0.25) is 0 Å². The fourth-order valence-electron chi connectivity index (χ4n) is 5.95. The van der Waals surface area contributed by atoms with Crippen LogP contribution < -0.4 is 19.8 Å². The van der Waals surface area contributed by atoms with Gasteiger partial charge in [-0.15, -0.1) is 6.58 Å². The minimum absolute atomic E-state index is 0. The van der Waals surface area contributed by atoms with Gasteiger partial charge in [-0.25, -0.2) is 4.98 Å². The zero-order valence-electron chi connectivity index (χ0n) is 29.7. The maximum absolute atomic E-state index is 13.7. The Morgan fingerprint density at radius 1 is 0.865 bits per heavy atom. The number of amides is 2. The van der Waals surface area contributed by atoms with E-state index in [0.29, 0.717) is 84.5 Å². The van der Waals surface area contributed by atoms with E-state index in [9.17, 15) is 14.4 Å². The molecule has 0 aliphatic carbocycles. The maximum Gasteiger partial charge on any atom is 0.261 e. The number of morpholine rings is 1. The molecule has 0 N–H and O–H groups in total. The van der Waals surface area contributed by atoms with E-state index in [1.807, 2.05) is 24.3 Å². The molecular formula is C38H45BrN4O8S. The molecule has 0 atom stereocenters. The number of nitrogens with zero attached hydrogens (tertiary/aromatic N) is 4. The largest absolute Gasteiger partial charge is 0.493 e. The van der Waals surface area contributed by atoms with Gasteiger partial charge in [0.1, 0.15) is 18.2 Å². The van der Waals surface area contributed by atoms with E-state index in [2.05, 4.69) is 32.1 Å². The number of aromatic nitrogens is 2. The molecule has 0 spiro atoms. The number of imide groups is 1. The van der Waals surface area contributed by atoms with Crippen molar-refractivity contribution in [1.29, 1.82) is 0 Å². The molecule has 2 aliphatic rings. The molecule has 12 nitrogen and oxygen atoms in total. The van der Waals surface area contributed by atoms with Crippen LogP contribution in [0.15, 0.2) is 76.5 Å². The second-order valence-corrected chi connectivity index (χ2v) is 12.8. The normalized spacial score (nSPS) is 14.0. The van der Waals surface area contributed by atoms with Crippen LogP contribution in [-0.4, -0.2) is 105 Å². The fourth-order valence-corrected chi connectivity index (χ4v) is 6.30. The van der Waals surface area contributed by atoms with Crippen LogP contribution >= 0.6 is 29.4 Å². The van der Waals surface area contributed by atoms with E-state index in [0.717, 1.165) is 29.7 Å². The van der Waals surface area contributed by atoms with Crippen molar-refractivity contribution in [3.8, 4) is 17.2 Å². The number of carbonyl (C=O) groups excluding carboxylic acids is 2. The Labute approximate surface area is 318 Å². The number of aryl methyl sites for hydroxylation is 1. The number of fused-ring (bicyclic) bond motifs is 2. The van der Waals surface area contributed by atoms with Crippen LogP contribution in [0, 0.1) is 0 Å². The van der Waals surface area contributed by atoms with Crippen molar-refractivity contribution in [2.24, 2.45) is 0 Å². The lowest BCUT2D eigenvalue weighted by molar-refractivity contribution is 0.0322. The quantitative estimate of drug-likeness (QED) is 0.129. The van der Waals surface area contributed by atoms with Crippen molar-refractivity contribution >= 4 is 52.1 Å². The summed E-state index contributed by atoms with van der Waals surface area (Å²) in [7, 11) is 4.80.